The van der Waals surface area contributed by atoms with E-state index in [9.17, 15) is 18.0 Å². The van der Waals surface area contributed by atoms with E-state index < -0.39 is 17.6 Å². The molecule has 0 saturated carbocycles. The van der Waals surface area contributed by atoms with Gasteiger partial charge in [0.1, 0.15) is 11.5 Å². The van der Waals surface area contributed by atoms with Gasteiger partial charge in [-0.2, -0.15) is 13.2 Å². The first-order chi connectivity index (χ1) is 13.0. The van der Waals surface area contributed by atoms with Crippen molar-refractivity contribution in [2.75, 3.05) is 6.54 Å². The molecule has 2 aromatic rings. The predicted octanol–water partition coefficient (Wildman–Crippen LogP) is 5.54. The van der Waals surface area contributed by atoms with E-state index >= 15 is 0 Å². The Morgan fingerprint density at radius 3 is 2.21 bits per heavy atom. The van der Waals surface area contributed by atoms with Gasteiger partial charge in [0.25, 0.3) is 0 Å². The molecule has 160 valence electrons. The molecule has 0 fully saturated rings. The zero-order chi connectivity index (χ0) is 20.9. The molecule has 0 atom stereocenters. The van der Waals surface area contributed by atoms with Crippen LogP contribution in [0.2, 0.25) is 0 Å². The Morgan fingerprint density at radius 2 is 1.69 bits per heavy atom. The van der Waals surface area contributed by atoms with Crippen molar-refractivity contribution < 1.29 is 22.7 Å². The molecule has 3 N–H and O–H groups in total. The highest BCUT2D eigenvalue weighted by molar-refractivity contribution is 5.92. The first kappa shape index (κ1) is 24.8. The van der Waals surface area contributed by atoms with Crippen LogP contribution in [0.5, 0.6) is 11.5 Å². The van der Waals surface area contributed by atoms with Gasteiger partial charge in [-0.1, -0.05) is 26.8 Å². The van der Waals surface area contributed by atoms with Gasteiger partial charge in [0.2, 0.25) is 5.91 Å². The van der Waals surface area contributed by atoms with Crippen LogP contribution in [0.4, 0.5) is 13.2 Å². The standard InChI is InChI=1S/C21H25F3N2O2.ClH/c1-20(2,3)10-11-26-13-14-4-9-18(17(12-14)21(22,23)24)28-16-7-5-15(6-8-16)19(25)27;/h4-9,12,26H,10-11,13H2,1-3H3,(H2,25,27);1H. The number of carbonyl (C=O) groups is 1. The maximum Gasteiger partial charge on any atom is 0.419 e. The quantitative estimate of drug-likeness (QED) is 0.566. The fourth-order valence-electron chi connectivity index (χ4n) is 2.51. The molecule has 0 aromatic heterocycles. The minimum Gasteiger partial charge on any atom is -0.457 e. The summed E-state index contributed by atoms with van der Waals surface area (Å²) in [4.78, 5) is 11.1. The van der Waals surface area contributed by atoms with Gasteiger partial charge in [-0.25, -0.2) is 0 Å². The number of nitrogens with two attached hydrogens (primary N) is 1. The summed E-state index contributed by atoms with van der Waals surface area (Å²) in [5.74, 6) is -0.727. The summed E-state index contributed by atoms with van der Waals surface area (Å²) < 4.78 is 45.9. The summed E-state index contributed by atoms with van der Waals surface area (Å²) in [5, 5.41) is 3.17. The van der Waals surface area contributed by atoms with Gasteiger partial charge < -0.3 is 15.8 Å². The van der Waals surface area contributed by atoms with Crippen LogP contribution in [0.25, 0.3) is 0 Å². The highest BCUT2D eigenvalue weighted by atomic mass is 35.5. The fraction of sp³-hybridized carbons (Fsp3) is 0.381. The molecule has 0 unspecified atom stereocenters. The average Bonchev–Trinajstić information content (AvgIpc) is 2.58. The third kappa shape index (κ3) is 7.95. The van der Waals surface area contributed by atoms with Crippen LogP contribution >= 0.6 is 12.4 Å². The van der Waals surface area contributed by atoms with E-state index in [1.165, 1.54) is 30.3 Å². The SMILES string of the molecule is CC(C)(C)CCNCc1ccc(Oc2ccc(C(N)=O)cc2)c(C(F)(F)F)c1.Cl. The molecule has 0 saturated heterocycles. The van der Waals surface area contributed by atoms with Gasteiger partial charge >= 0.3 is 6.18 Å². The zero-order valence-electron chi connectivity index (χ0n) is 16.6. The first-order valence-electron chi connectivity index (χ1n) is 8.94. The smallest absolute Gasteiger partial charge is 0.419 e. The van der Waals surface area contributed by atoms with Crippen LogP contribution in [-0.2, 0) is 12.7 Å². The van der Waals surface area contributed by atoms with Crippen LogP contribution in [0, 0.1) is 5.41 Å². The van der Waals surface area contributed by atoms with Gasteiger partial charge in [0.15, 0.2) is 0 Å². The Labute approximate surface area is 175 Å². The fourth-order valence-corrected chi connectivity index (χ4v) is 2.51. The number of benzene rings is 2. The number of carbonyl (C=O) groups excluding carboxylic acids is 1. The number of ether oxygens (including phenoxy) is 1. The van der Waals surface area contributed by atoms with Gasteiger partial charge in [0, 0.05) is 12.1 Å². The second kappa shape index (κ2) is 9.98. The molecule has 0 bridgehead atoms. The van der Waals surface area contributed by atoms with Crippen LogP contribution in [0.1, 0.15) is 48.7 Å². The number of hydrogen-bond donors (Lipinski definition) is 2. The molecule has 8 heteroatoms. The molecule has 2 rings (SSSR count). The lowest BCUT2D eigenvalue weighted by Crippen LogP contribution is -2.20. The van der Waals surface area contributed by atoms with Crippen molar-refractivity contribution in [3.05, 3.63) is 59.2 Å². The van der Waals surface area contributed by atoms with E-state index in [1.807, 2.05) is 0 Å². The molecule has 0 radical (unpaired) electrons. The summed E-state index contributed by atoms with van der Waals surface area (Å²) in [5.41, 5.74) is 5.24. The molecular formula is C21H26ClF3N2O2. The lowest BCUT2D eigenvalue weighted by atomic mass is 9.92. The minimum absolute atomic E-state index is 0. The monoisotopic (exact) mass is 430 g/mol. The second-order valence-electron chi connectivity index (χ2n) is 7.81. The largest absolute Gasteiger partial charge is 0.457 e. The summed E-state index contributed by atoms with van der Waals surface area (Å²) in [6.45, 7) is 7.39. The van der Waals surface area contributed by atoms with Gasteiger partial charge in [-0.3, -0.25) is 4.79 Å². The molecule has 0 aliphatic rings. The molecule has 29 heavy (non-hydrogen) atoms. The molecule has 1 amide bonds. The molecule has 2 aromatic carbocycles. The van der Waals surface area contributed by atoms with Crippen LogP contribution in [0.15, 0.2) is 42.5 Å². The second-order valence-corrected chi connectivity index (χ2v) is 7.81. The number of amides is 1. The molecule has 4 nitrogen and oxygen atoms in total. The number of hydrogen-bond acceptors (Lipinski definition) is 3. The summed E-state index contributed by atoms with van der Waals surface area (Å²) in [7, 11) is 0. The Morgan fingerprint density at radius 1 is 1.07 bits per heavy atom. The number of nitrogens with one attached hydrogen (secondary N) is 1. The van der Waals surface area contributed by atoms with Gasteiger partial charge in [-0.05, 0) is 60.3 Å². The van der Waals surface area contributed by atoms with Crippen molar-refractivity contribution >= 4 is 18.3 Å². The van der Waals surface area contributed by atoms with Crippen LogP contribution < -0.4 is 15.8 Å². The van der Waals surface area contributed by atoms with E-state index in [-0.39, 0.29) is 34.9 Å². The normalized spacial score (nSPS) is 11.7. The Kier molecular flexibility index (Phi) is 8.53. The third-order valence-corrected chi connectivity index (χ3v) is 4.10. The molecule has 0 aliphatic heterocycles. The topological polar surface area (TPSA) is 64.3 Å². The van der Waals surface area contributed by atoms with Crippen molar-refractivity contribution in [2.45, 2.75) is 39.9 Å². The lowest BCUT2D eigenvalue weighted by Gasteiger charge is -2.18. The van der Waals surface area contributed by atoms with E-state index in [4.69, 9.17) is 10.5 Å². The zero-order valence-corrected chi connectivity index (χ0v) is 17.4. The third-order valence-electron chi connectivity index (χ3n) is 4.10. The molecule has 0 spiro atoms. The first-order valence-corrected chi connectivity index (χ1v) is 8.94. The number of rotatable bonds is 7. The highest BCUT2D eigenvalue weighted by Gasteiger charge is 2.35. The van der Waals surface area contributed by atoms with E-state index in [0.29, 0.717) is 12.1 Å². The maximum atomic E-state index is 13.5. The highest BCUT2D eigenvalue weighted by Crippen LogP contribution is 2.38. The molecule has 0 heterocycles. The predicted molar refractivity (Wildman–Crippen MR) is 110 cm³/mol. The summed E-state index contributed by atoms with van der Waals surface area (Å²) in [6, 6.07) is 9.62. The van der Waals surface area contributed by atoms with Crippen LogP contribution in [0.3, 0.4) is 0 Å². The van der Waals surface area contributed by atoms with Gasteiger partial charge in [0.05, 0.1) is 5.56 Å². The van der Waals surface area contributed by atoms with Crippen molar-refractivity contribution in [1.29, 1.82) is 0 Å². The molecule has 0 aliphatic carbocycles. The van der Waals surface area contributed by atoms with Crippen LogP contribution in [-0.4, -0.2) is 12.5 Å². The van der Waals surface area contributed by atoms with Crippen molar-refractivity contribution in [3.8, 4) is 11.5 Å². The van der Waals surface area contributed by atoms with Crippen molar-refractivity contribution in [3.63, 3.8) is 0 Å². The summed E-state index contributed by atoms with van der Waals surface area (Å²) >= 11 is 0. The Balaban J connectivity index is 0.00000420. The van der Waals surface area contributed by atoms with Crippen molar-refractivity contribution in [1.82, 2.24) is 5.32 Å². The maximum absolute atomic E-state index is 13.5. The van der Waals surface area contributed by atoms with E-state index in [0.717, 1.165) is 19.0 Å². The van der Waals surface area contributed by atoms with Crippen molar-refractivity contribution in [2.24, 2.45) is 11.1 Å². The van der Waals surface area contributed by atoms with Gasteiger partial charge in [-0.15, -0.1) is 12.4 Å². The Hall–Kier alpha value is -2.25. The number of halogens is 4. The molecular weight excluding hydrogens is 405 g/mol. The number of alkyl halides is 3. The minimum atomic E-state index is -4.55. The van der Waals surface area contributed by atoms with E-state index in [1.54, 1.807) is 6.07 Å². The summed E-state index contributed by atoms with van der Waals surface area (Å²) in [6.07, 6.45) is -3.63. The lowest BCUT2D eigenvalue weighted by molar-refractivity contribution is -0.138. The Bertz CT molecular complexity index is 816. The average molecular weight is 431 g/mol. The number of primary amides is 1. The van der Waals surface area contributed by atoms with E-state index in [2.05, 4.69) is 26.1 Å².